The van der Waals surface area contributed by atoms with Crippen molar-refractivity contribution in [2.24, 2.45) is 0 Å². The fourth-order valence-electron chi connectivity index (χ4n) is 1.55. The number of methoxy groups -OCH3 is 1. The molecule has 0 amide bonds. The molecule has 0 saturated carbocycles. The summed E-state index contributed by atoms with van der Waals surface area (Å²) in [5, 5.41) is 3.09. The molecule has 0 aliphatic rings. The van der Waals surface area contributed by atoms with Crippen molar-refractivity contribution in [2.45, 2.75) is 32.6 Å². The van der Waals surface area contributed by atoms with E-state index in [2.05, 4.69) is 45.1 Å². The maximum Gasteiger partial charge on any atom is 0.144 e. The number of hydrogen-bond donors (Lipinski definition) is 1. The fraction of sp³-hybridized carbons (Fsp3) is 0.667. The van der Waals surface area contributed by atoms with Gasteiger partial charge < -0.3 is 10.1 Å². The summed E-state index contributed by atoms with van der Waals surface area (Å²) in [6.45, 7) is 5.00. The molecule has 0 unspecified atom stereocenters. The minimum absolute atomic E-state index is 0.376. The van der Waals surface area contributed by atoms with E-state index in [4.69, 9.17) is 4.74 Å². The molecule has 0 aliphatic heterocycles. The van der Waals surface area contributed by atoms with Gasteiger partial charge in [0.05, 0.1) is 10.2 Å². The summed E-state index contributed by atoms with van der Waals surface area (Å²) in [4.78, 5) is 9.08. The van der Waals surface area contributed by atoms with Crippen LogP contribution in [0.4, 0.5) is 5.82 Å². The number of aromatic nitrogens is 2. The Balaban J connectivity index is 2.94. The van der Waals surface area contributed by atoms with E-state index >= 15 is 0 Å². The van der Waals surface area contributed by atoms with Crippen LogP contribution in [0.15, 0.2) is 4.47 Å². The highest BCUT2D eigenvalue weighted by Gasteiger charge is 2.13. The normalized spacial score (nSPS) is 10.9. The molecule has 0 radical (unpaired) electrons. The molecule has 0 bridgehead atoms. The first-order valence-corrected chi connectivity index (χ1v) is 6.62. The van der Waals surface area contributed by atoms with Crippen molar-refractivity contribution in [1.82, 2.24) is 9.97 Å². The lowest BCUT2D eigenvalue weighted by molar-refractivity contribution is 0.194. The van der Waals surface area contributed by atoms with Crippen LogP contribution in [0.25, 0.3) is 0 Å². The lowest BCUT2D eigenvalue weighted by Crippen LogP contribution is -2.07. The van der Waals surface area contributed by atoms with E-state index in [1.54, 1.807) is 7.11 Å². The van der Waals surface area contributed by atoms with Crippen LogP contribution in [0.1, 0.15) is 37.7 Å². The first kappa shape index (κ1) is 14.4. The summed E-state index contributed by atoms with van der Waals surface area (Å²) >= 11 is 3.55. The number of nitrogens with zero attached hydrogens (tertiary/aromatic N) is 2. The molecule has 1 N–H and O–H groups in total. The Morgan fingerprint density at radius 2 is 2.06 bits per heavy atom. The first-order valence-electron chi connectivity index (χ1n) is 5.83. The highest BCUT2D eigenvalue weighted by atomic mass is 79.9. The van der Waals surface area contributed by atoms with Crippen LogP contribution in [0.5, 0.6) is 0 Å². The zero-order valence-corrected chi connectivity index (χ0v) is 12.5. The average molecular weight is 302 g/mol. The molecule has 0 saturated heterocycles. The van der Waals surface area contributed by atoms with Gasteiger partial charge in [-0.1, -0.05) is 13.8 Å². The van der Waals surface area contributed by atoms with E-state index in [1.165, 1.54) is 0 Å². The second kappa shape index (κ2) is 6.91. The molecule has 5 heteroatoms. The molecule has 96 valence electrons. The van der Waals surface area contributed by atoms with E-state index < -0.39 is 0 Å². The Labute approximate surface area is 111 Å². The number of nitrogens with one attached hydrogen (secondary N) is 1. The monoisotopic (exact) mass is 301 g/mol. The van der Waals surface area contributed by atoms with Crippen LogP contribution < -0.4 is 5.32 Å². The Morgan fingerprint density at radius 1 is 1.35 bits per heavy atom. The summed E-state index contributed by atoms with van der Waals surface area (Å²) < 4.78 is 6.00. The largest absolute Gasteiger partial charge is 0.385 e. The van der Waals surface area contributed by atoms with Crippen molar-refractivity contribution in [3.63, 3.8) is 0 Å². The predicted octanol–water partition coefficient (Wildman–Crippen LogP) is 2.98. The fourth-order valence-corrected chi connectivity index (χ4v) is 2.38. The van der Waals surface area contributed by atoms with Gasteiger partial charge in [0.2, 0.25) is 0 Å². The maximum atomic E-state index is 5.04. The maximum absolute atomic E-state index is 5.04. The quantitative estimate of drug-likeness (QED) is 0.821. The summed E-state index contributed by atoms with van der Waals surface area (Å²) in [7, 11) is 3.58. The summed E-state index contributed by atoms with van der Waals surface area (Å²) in [6.07, 6.45) is 1.79. The van der Waals surface area contributed by atoms with E-state index in [-0.39, 0.29) is 0 Å². The Morgan fingerprint density at radius 3 is 2.59 bits per heavy atom. The smallest absolute Gasteiger partial charge is 0.144 e. The number of ether oxygens (including phenoxy) is 1. The Bertz CT molecular complexity index is 369. The predicted molar refractivity (Wildman–Crippen MR) is 73.6 cm³/mol. The zero-order valence-electron chi connectivity index (χ0n) is 10.9. The standard InChI is InChI=1S/C12H20BrN3O/c1-8(2)11-10(13)12(14-3)16-9(15-11)6-5-7-17-4/h8H,5-7H2,1-4H3,(H,14,15,16). The third-order valence-corrected chi connectivity index (χ3v) is 3.24. The molecule has 17 heavy (non-hydrogen) atoms. The third-order valence-electron chi connectivity index (χ3n) is 2.46. The molecule has 0 fully saturated rings. The van der Waals surface area contributed by atoms with Gasteiger partial charge in [0, 0.05) is 27.2 Å². The van der Waals surface area contributed by atoms with Crippen LogP contribution in [-0.2, 0) is 11.2 Å². The lowest BCUT2D eigenvalue weighted by atomic mass is 10.1. The van der Waals surface area contributed by atoms with Crippen molar-refractivity contribution in [3.05, 3.63) is 16.0 Å². The minimum Gasteiger partial charge on any atom is -0.385 e. The molecule has 0 aliphatic carbocycles. The van der Waals surface area contributed by atoms with Gasteiger partial charge in [-0.2, -0.15) is 0 Å². The second-order valence-electron chi connectivity index (χ2n) is 4.19. The van der Waals surface area contributed by atoms with E-state index in [1.807, 2.05) is 7.05 Å². The topological polar surface area (TPSA) is 47.0 Å². The molecule has 1 aromatic rings. The highest BCUT2D eigenvalue weighted by molar-refractivity contribution is 9.10. The van der Waals surface area contributed by atoms with Crippen LogP contribution in [0.3, 0.4) is 0 Å². The molecule has 1 aromatic heterocycles. The van der Waals surface area contributed by atoms with Gasteiger partial charge in [0.15, 0.2) is 0 Å². The number of aryl methyl sites for hydroxylation is 1. The molecule has 1 rings (SSSR count). The van der Waals surface area contributed by atoms with Gasteiger partial charge in [-0.25, -0.2) is 9.97 Å². The van der Waals surface area contributed by atoms with Crippen LogP contribution in [0.2, 0.25) is 0 Å². The number of anilines is 1. The number of halogens is 1. The second-order valence-corrected chi connectivity index (χ2v) is 4.98. The number of hydrogen-bond acceptors (Lipinski definition) is 4. The molecular weight excluding hydrogens is 282 g/mol. The SMILES string of the molecule is CNc1nc(CCCOC)nc(C(C)C)c1Br. The van der Waals surface area contributed by atoms with Gasteiger partial charge in [-0.3, -0.25) is 0 Å². The van der Waals surface area contributed by atoms with Gasteiger partial charge in [-0.15, -0.1) is 0 Å². The van der Waals surface area contributed by atoms with E-state index in [0.717, 1.165) is 41.3 Å². The highest BCUT2D eigenvalue weighted by Crippen LogP contribution is 2.28. The van der Waals surface area contributed by atoms with E-state index in [9.17, 15) is 0 Å². The first-order chi connectivity index (χ1) is 8.10. The van der Waals surface area contributed by atoms with Crippen molar-refractivity contribution < 1.29 is 4.74 Å². The van der Waals surface area contributed by atoms with Crippen LogP contribution in [-0.4, -0.2) is 30.7 Å². The minimum atomic E-state index is 0.376. The Hall–Kier alpha value is -0.680. The van der Waals surface area contributed by atoms with Crippen LogP contribution >= 0.6 is 15.9 Å². The summed E-state index contributed by atoms with van der Waals surface area (Å²) in [5.74, 6) is 2.11. The van der Waals surface area contributed by atoms with Crippen LogP contribution in [0, 0.1) is 0 Å². The summed E-state index contributed by atoms with van der Waals surface area (Å²) in [6, 6.07) is 0. The molecule has 1 heterocycles. The van der Waals surface area contributed by atoms with Crippen molar-refractivity contribution in [1.29, 1.82) is 0 Å². The average Bonchev–Trinajstić information content (AvgIpc) is 2.30. The van der Waals surface area contributed by atoms with Gasteiger partial charge in [0.25, 0.3) is 0 Å². The summed E-state index contributed by atoms with van der Waals surface area (Å²) in [5.41, 5.74) is 1.05. The van der Waals surface area contributed by atoms with Crippen molar-refractivity contribution in [3.8, 4) is 0 Å². The van der Waals surface area contributed by atoms with Crippen molar-refractivity contribution >= 4 is 21.7 Å². The van der Waals surface area contributed by atoms with Gasteiger partial charge in [-0.05, 0) is 28.3 Å². The molecule has 4 nitrogen and oxygen atoms in total. The lowest BCUT2D eigenvalue weighted by Gasteiger charge is -2.13. The molecule has 0 aromatic carbocycles. The van der Waals surface area contributed by atoms with Gasteiger partial charge >= 0.3 is 0 Å². The molecule has 0 atom stereocenters. The number of rotatable bonds is 6. The molecular formula is C12H20BrN3O. The van der Waals surface area contributed by atoms with Gasteiger partial charge in [0.1, 0.15) is 11.6 Å². The van der Waals surface area contributed by atoms with Crippen molar-refractivity contribution in [2.75, 3.05) is 26.1 Å². The molecule has 0 spiro atoms. The third kappa shape index (κ3) is 3.92. The Kier molecular flexibility index (Phi) is 5.85. The van der Waals surface area contributed by atoms with E-state index in [0.29, 0.717) is 5.92 Å². The zero-order chi connectivity index (χ0) is 12.8.